The topological polar surface area (TPSA) is 44.7 Å². The highest BCUT2D eigenvalue weighted by Gasteiger charge is 2.29. The SMILES string of the molecule is Cc1cc(NC(=O)CC2CSC(=NC3CCCCC3)N2C)ccc1Br. The van der Waals surface area contributed by atoms with Gasteiger partial charge in [-0.15, -0.1) is 0 Å². The van der Waals surface area contributed by atoms with Crippen LogP contribution in [0.3, 0.4) is 0 Å². The van der Waals surface area contributed by atoms with E-state index in [0.717, 1.165) is 26.6 Å². The van der Waals surface area contributed by atoms with E-state index in [9.17, 15) is 4.79 Å². The van der Waals surface area contributed by atoms with Crippen LogP contribution in [0.25, 0.3) is 0 Å². The molecule has 2 aliphatic rings. The molecule has 1 saturated heterocycles. The van der Waals surface area contributed by atoms with E-state index in [2.05, 4.69) is 33.2 Å². The summed E-state index contributed by atoms with van der Waals surface area (Å²) in [7, 11) is 2.07. The molecular weight excluding hydrogens is 398 g/mol. The van der Waals surface area contributed by atoms with Crippen LogP contribution in [0.15, 0.2) is 27.7 Å². The van der Waals surface area contributed by atoms with Crippen molar-refractivity contribution < 1.29 is 4.79 Å². The maximum atomic E-state index is 12.4. The Hall–Kier alpha value is -1.01. The molecule has 1 N–H and O–H groups in total. The summed E-state index contributed by atoms with van der Waals surface area (Å²) in [6.45, 7) is 2.02. The average Bonchev–Trinajstić information content (AvgIpc) is 2.92. The molecule has 1 amide bonds. The molecule has 25 heavy (non-hydrogen) atoms. The molecule has 3 rings (SSSR count). The van der Waals surface area contributed by atoms with Crippen molar-refractivity contribution in [3.05, 3.63) is 28.2 Å². The zero-order valence-corrected chi connectivity index (χ0v) is 17.3. The Morgan fingerprint density at radius 1 is 1.36 bits per heavy atom. The monoisotopic (exact) mass is 423 g/mol. The fraction of sp³-hybridized carbons (Fsp3) is 0.579. The van der Waals surface area contributed by atoms with Crippen molar-refractivity contribution in [1.29, 1.82) is 0 Å². The molecule has 1 atom stereocenters. The minimum atomic E-state index is 0.0677. The fourth-order valence-electron chi connectivity index (χ4n) is 3.38. The molecule has 0 spiro atoms. The number of rotatable bonds is 4. The molecule has 1 aromatic carbocycles. The standard InChI is InChI=1S/C19H26BrN3OS/c1-13-10-15(8-9-17(13)20)21-18(24)11-16-12-25-19(23(16)2)22-14-6-4-3-5-7-14/h8-10,14,16H,3-7,11-12H2,1-2H3,(H,21,24). The average molecular weight is 424 g/mol. The van der Waals surface area contributed by atoms with Gasteiger partial charge < -0.3 is 10.2 Å². The van der Waals surface area contributed by atoms with Gasteiger partial charge >= 0.3 is 0 Å². The molecule has 1 aromatic rings. The van der Waals surface area contributed by atoms with E-state index in [-0.39, 0.29) is 11.9 Å². The molecule has 1 unspecified atom stereocenters. The number of thioether (sulfide) groups is 1. The molecule has 136 valence electrons. The molecule has 1 aliphatic heterocycles. The van der Waals surface area contributed by atoms with Crippen LogP contribution in [-0.4, -0.2) is 40.9 Å². The van der Waals surface area contributed by atoms with Crippen LogP contribution in [0.4, 0.5) is 5.69 Å². The maximum absolute atomic E-state index is 12.4. The summed E-state index contributed by atoms with van der Waals surface area (Å²) >= 11 is 5.28. The first kappa shape index (κ1) is 18.8. The molecule has 0 aromatic heterocycles. The molecule has 4 nitrogen and oxygen atoms in total. The highest BCUT2D eigenvalue weighted by atomic mass is 79.9. The smallest absolute Gasteiger partial charge is 0.226 e. The van der Waals surface area contributed by atoms with Gasteiger partial charge in [-0.3, -0.25) is 9.79 Å². The van der Waals surface area contributed by atoms with Gasteiger partial charge in [0, 0.05) is 35.4 Å². The molecule has 1 aliphatic carbocycles. The Morgan fingerprint density at radius 2 is 2.12 bits per heavy atom. The largest absolute Gasteiger partial charge is 0.350 e. The third kappa shape index (κ3) is 5.00. The highest BCUT2D eigenvalue weighted by molar-refractivity contribution is 9.10. The van der Waals surface area contributed by atoms with Crippen LogP contribution >= 0.6 is 27.7 Å². The van der Waals surface area contributed by atoms with Gasteiger partial charge in [-0.2, -0.15) is 0 Å². The number of nitrogens with zero attached hydrogens (tertiary/aromatic N) is 2. The second kappa shape index (κ2) is 8.58. The van der Waals surface area contributed by atoms with Gasteiger partial charge in [0.2, 0.25) is 5.91 Å². The number of aliphatic imine (C=N–C) groups is 1. The molecule has 0 radical (unpaired) electrons. The summed E-state index contributed by atoms with van der Waals surface area (Å²) in [6, 6.07) is 6.60. The summed E-state index contributed by atoms with van der Waals surface area (Å²) in [5.41, 5.74) is 1.98. The third-order valence-electron chi connectivity index (χ3n) is 4.98. The number of amidine groups is 1. The molecular formula is C19H26BrN3OS. The predicted octanol–water partition coefficient (Wildman–Crippen LogP) is 4.82. The van der Waals surface area contributed by atoms with E-state index in [0.29, 0.717) is 12.5 Å². The fourth-order valence-corrected chi connectivity index (χ4v) is 4.89. The first-order valence-electron chi connectivity index (χ1n) is 9.02. The number of nitrogens with one attached hydrogen (secondary N) is 1. The number of halogens is 1. The minimum absolute atomic E-state index is 0.0677. The summed E-state index contributed by atoms with van der Waals surface area (Å²) in [6.07, 6.45) is 6.88. The van der Waals surface area contributed by atoms with Crippen LogP contribution in [-0.2, 0) is 4.79 Å². The summed E-state index contributed by atoms with van der Waals surface area (Å²) in [5, 5.41) is 4.13. The molecule has 1 heterocycles. The van der Waals surface area contributed by atoms with Crippen molar-refractivity contribution in [3.8, 4) is 0 Å². The van der Waals surface area contributed by atoms with Crippen LogP contribution in [0, 0.1) is 6.92 Å². The normalized spacial score (nSPS) is 23.2. The Labute approximate surface area is 163 Å². The summed E-state index contributed by atoms with van der Waals surface area (Å²) < 4.78 is 1.06. The lowest BCUT2D eigenvalue weighted by Crippen LogP contribution is -2.34. The van der Waals surface area contributed by atoms with Gasteiger partial charge in [0.25, 0.3) is 0 Å². The van der Waals surface area contributed by atoms with Gasteiger partial charge in [0.1, 0.15) is 0 Å². The van der Waals surface area contributed by atoms with Crippen molar-refractivity contribution in [3.63, 3.8) is 0 Å². The van der Waals surface area contributed by atoms with E-state index < -0.39 is 0 Å². The number of amides is 1. The van der Waals surface area contributed by atoms with Crippen LogP contribution in [0.1, 0.15) is 44.1 Å². The zero-order valence-electron chi connectivity index (χ0n) is 14.9. The quantitative estimate of drug-likeness (QED) is 0.754. The number of aryl methyl sites for hydroxylation is 1. The summed E-state index contributed by atoms with van der Waals surface area (Å²) in [5.74, 6) is 1.01. The van der Waals surface area contributed by atoms with E-state index in [1.54, 1.807) is 11.8 Å². The Balaban J connectivity index is 1.54. The Kier molecular flexibility index (Phi) is 6.44. The minimum Gasteiger partial charge on any atom is -0.350 e. The predicted molar refractivity (Wildman–Crippen MR) is 110 cm³/mol. The van der Waals surface area contributed by atoms with E-state index >= 15 is 0 Å². The number of anilines is 1. The van der Waals surface area contributed by atoms with Crippen molar-refractivity contribution in [2.45, 2.75) is 57.5 Å². The van der Waals surface area contributed by atoms with E-state index in [4.69, 9.17) is 4.99 Å². The van der Waals surface area contributed by atoms with Crippen molar-refractivity contribution >= 4 is 44.5 Å². The van der Waals surface area contributed by atoms with Gasteiger partial charge in [-0.25, -0.2) is 0 Å². The van der Waals surface area contributed by atoms with Crippen molar-refractivity contribution in [2.24, 2.45) is 4.99 Å². The highest BCUT2D eigenvalue weighted by Crippen LogP contribution is 2.28. The number of benzene rings is 1. The van der Waals surface area contributed by atoms with Gasteiger partial charge in [0.05, 0.1) is 6.04 Å². The van der Waals surface area contributed by atoms with Crippen molar-refractivity contribution in [1.82, 2.24) is 4.90 Å². The second-order valence-corrected chi connectivity index (χ2v) is 8.84. The first-order valence-corrected chi connectivity index (χ1v) is 10.8. The maximum Gasteiger partial charge on any atom is 0.226 e. The number of hydrogen-bond acceptors (Lipinski definition) is 3. The lowest BCUT2D eigenvalue weighted by atomic mass is 9.96. The van der Waals surface area contributed by atoms with Crippen LogP contribution < -0.4 is 5.32 Å². The second-order valence-electron chi connectivity index (χ2n) is 7.00. The lowest BCUT2D eigenvalue weighted by Gasteiger charge is -2.23. The van der Waals surface area contributed by atoms with Crippen molar-refractivity contribution in [2.75, 3.05) is 18.1 Å². The molecule has 0 bridgehead atoms. The zero-order chi connectivity index (χ0) is 17.8. The van der Waals surface area contributed by atoms with Crippen LogP contribution in [0.2, 0.25) is 0 Å². The number of carbonyl (C=O) groups excluding carboxylic acids is 1. The number of carbonyl (C=O) groups is 1. The van der Waals surface area contributed by atoms with E-state index in [1.807, 2.05) is 25.1 Å². The molecule has 6 heteroatoms. The van der Waals surface area contributed by atoms with Gasteiger partial charge in [-0.1, -0.05) is 47.0 Å². The van der Waals surface area contributed by atoms with Gasteiger partial charge in [-0.05, 0) is 43.5 Å². The van der Waals surface area contributed by atoms with E-state index in [1.165, 1.54) is 32.1 Å². The molecule has 1 saturated carbocycles. The third-order valence-corrected chi connectivity index (χ3v) is 7.08. The number of hydrogen-bond donors (Lipinski definition) is 1. The Bertz CT molecular complexity index is 658. The van der Waals surface area contributed by atoms with Crippen LogP contribution in [0.5, 0.6) is 0 Å². The molecule has 2 fully saturated rings. The first-order chi connectivity index (χ1) is 12.0. The Morgan fingerprint density at radius 3 is 2.84 bits per heavy atom. The summed E-state index contributed by atoms with van der Waals surface area (Å²) in [4.78, 5) is 19.6. The lowest BCUT2D eigenvalue weighted by molar-refractivity contribution is -0.116. The van der Waals surface area contributed by atoms with Gasteiger partial charge in [0.15, 0.2) is 5.17 Å².